The van der Waals surface area contributed by atoms with Crippen molar-refractivity contribution in [1.29, 1.82) is 0 Å². The Morgan fingerprint density at radius 1 is 0.370 bits per heavy atom. The summed E-state index contributed by atoms with van der Waals surface area (Å²) in [6, 6.07) is 9.04. The lowest BCUT2D eigenvalue weighted by Crippen LogP contribution is -2.25. The van der Waals surface area contributed by atoms with E-state index in [1.54, 1.807) is 0 Å². The molecule has 0 N–H and O–H groups in total. The van der Waals surface area contributed by atoms with Gasteiger partial charge >= 0.3 is 0 Å². The van der Waals surface area contributed by atoms with Gasteiger partial charge in [0.1, 0.15) is 0 Å². The number of hydrogen-bond acceptors (Lipinski definition) is 2. The highest BCUT2D eigenvalue weighted by Crippen LogP contribution is 2.46. The molecule has 0 spiro atoms. The van der Waals surface area contributed by atoms with E-state index in [0.29, 0.717) is 0 Å². The molecule has 4 aromatic rings. The van der Waals surface area contributed by atoms with Crippen LogP contribution < -0.4 is 0 Å². The fraction of sp³-hybridized carbons (Fsp3) is 0.0625. The van der Waals surface area contributed by atoms with E-state index in [-0.39, 0.29) is 44.8 Å². The van der Waals surface area contributed by atoms with Crippen LogP contribution in [-0.4, -0.2) is 35.7 Å². The van der Waals surface area contributed by atoms with Crippen LogP contribution in [0, 0.1) is 58.2 Å². The molecule has 2 amide bonds. The van der Waals surface area contributed by atoms with Gasteiger partial charge in [0.05, 0.1) is 33.7 Å². The van der Waals surface area contributed by atoms with E-state index in [1.807, 2.05) is 0 Å². The lowest BCUT2D eigenvalue weighted by molar-refractivity contribution is -0.123. The van der Waals surface area contributed by atoms with E-state index in [0.717, 1.165) is 34.1 Å². The zero-order valence-electron chi connectivity index (χ0n) is 23.1. The lowest BCUT2D eigenvalue weighted by atomic mass is 9.98. The molecule has 0 bridgehead atoms. The fourth-order valence-corrected chi connectivity index (χ4v) is 5.51. The van der Waals surface area contributed by atoms with E-state index in [4.69, 9.17) is 0 Å². The number of likely N-dealkylation sites (N-methyl/N-ethyl adjacent to an activating group) is 2. The molecule has 14 heteroatoms. The minimum Gasteiger partial charge on any atom is -0.310 e. The van der Waals surface area contributed by atoms with E-state index >= 15 is 0 Å². The van der Waals surface area contributed by atoms with Crippen LogP contribution in [-0.2, 0) is 9.59 Å². The van der Waals surface area contributed by atoms with Crippen molar-refractivity contribution in [2.75, 3.05) is 14.1 Å². The summed E-state index contributed by atoms with van der Waals surface area (Å²) in [5.41, 5.74) is -2.88. The van der Waals surface area contributed by atoms with Crippen molar-refractivity contribution in [2.45, 2.75) is 0 Å². The third kappa shape index (κ3) is 4.16. The first kappa shape index (κ1) is 30.6. The number of nitrogens with zero attached hydrogens (tertiary/aromatic N) is 2. The number of carbonyl (C=O) groups is 2. The smallest absolute Gasteiger partial charge is 0.261 e. The predicted octanol–water partition coefficient (Wildman–Crippen LogP) is 7.48. The van der Waals surface area contributed by atoms with Gasteiger partial charge in [0.25, 0.3) is 11.8 Å². The summed E-state index contributed by atoms with van der Waals surface area (Å²) in [4.78, 5) is 29.1. The maximum absolute atomic E-state index is 14.4. The molecular weight excluding hydrogens is 634 g/mol. The average molecular weight is 648 g/mol. The summed E-state index contributed by atoms with van der Waals surface area (Å²) >= 11 is 0. The fourth-order valence-electron chi connectivity index (χ4n) is 5.51. The van der Waals surface area contributed by atoms with Crippen LogP contribution in [0.2, 0.25) is 0 Å². The first-order valence-corrected chi connectivity index (χ1v) is 13.0. The Bertz CT molecular complexity index is 1900. The molecule has 0 aromatic heterocycles. The quantitative estimate of drug-likeness (QED) is 0.131. The van der Waals surface area contributed by atoms with Gasteiger partial charge in [-0.2, -0.15) is 0 Å². The summed E-state index contributed by atoms with van der Waals surface area (Å²) in [5, 5.41) is 0. The van der Waals surface area contributed by atoms with Crippen molar-refractivity contribution in [2.24, 2.45) is 0 Å². The topological polar surface area (TPSA) is 40.6 Å². The second-order valence-electron chi connectivity index (χ2n) is 10.2. The molecule has 6 rings (SSSR count). The highest BCUT2D eigenvalue weighted by Gasteiger charge is 2.46. The van der Waals surface area contributed by atoms with Crippen LogP contribution in [0.5, 0.6) is 0 Å². The second kappa shape index (κ2) is 10.6. The number of halogens is 10. The second-order valence-corrected chi connectivity index (χ2v) is 10.2. The maximum Gasteiger partial charge on any atom is 0.261 e. The summed E-state index contributed by atoms with van der Waals surface area (Å²) in [6.45, 7) is 0. The Morgan fingerprint density at radius 3 is 0.848 bits per heavy atom. The van der Waals surface area contributed by atoms with Crippen LogP contribution >= 0.6 is 0 Å². The van der Waals surface area contributed by atoms with Crippen LogP contribution in [0.1, 0.15) is 11.1 Å². The Balaban J connectivity index is 1.44. The zero-order chi connectivity index (χ0) is 33.5. The summed E-state index contributed by atoms with van der Waals surface area (Å²) < 4.78 is 140. The molecule has 0 aliphatic carbocycles. The number of carbonyl (C=O) groups excluding carboxylic acids is 2. The molecule has 0 fully saturated rings. The first-order valence-electron chi connectivity index (χ1n) is 13.0. The van der Waals surface area contributed by atoms with E-state index in [2.05, 4.69) is 0 Å². The highest BCUT2D eigenvalue weighted by molar-refractivity contribution is 6.30. The van der Waals surface area contributed by atoms with Gasteiger partial charge in [0, 0.05) is 14.1 Å². The zero-order valence-corrected chi connectivity index (χ0v) is 23.1. The van der Waals surface area contributed by atoms with Crippen molar-refractivity contribution < 1.29 is 53.5 Å². The van der Waals surface area contributed by atoms with Gasteiger partial charge in [-0.3, -0.25) is 9.59 Å². The Hall–Kier alpha value is -5.40. The lowest BCUT2D eigenvalue weighted by Gasteiger charge is -2.20. The molecule has 234 valence electrons. The van der Waals surface area contributed by atoms with E-state index < -0.39 is 81.1 Å². The number of hydrogen-bond donors (Lipinski definition) is 0. The van der Waals surface area contributed by atoms with Crippen LogP contribution in [0.3, 0.4) is 0 Å². The number of fused-ring (bicyclic) bond motifs is 1. The molecule has 0 saturated carbocycles. The number of rotatable bonds is 4. The molecule has 2 aliphatic rings. The summed E-state index contributed by atoms with van der Waals surface area (Å²) in [6.07, 6.45) is 0. The van der Waals surface area contributed by atoms with E-state index in [1.165, 1.54) is 38.4 Å². The molecule has 4 nitrogen and oxygen atoms in total. The highest BCUT2D eigenvalue weighted by atomic mass is 19.2. The van der Waals surface area contributed by atoms with Crippen molar-refractivity contribution in [3.05, 3.63) is 129 Å². The van der Waals surface area contributed by atoms with Crippen molar-refractivity contribution >= 4 is 23.2 Å². The Labute approximate surface area is 252 Å². The van der Waals surface area contributed by atoms with Gasteiger partial charge in [-0.05, 0) is 22.3 Å². The van der Waals surface area contributed by atoms with Gasteiger partial charge < -0.3 is 9.80 Å². The van der Waals surface area contributed by atoms with Crippen LogP contribution in [0.25, 0.3) is 33.6 Å². The molecular formula is C32H14F10N2O2. The summed E-state index contributed by atoms with van der Waals surface area (Å²) in [7, 11) is 2.65. The Morgan fingerprint density at radius 2 is 0.587 bits per heavy atom. The van der Waals surface area contributed by atoms with Gasteiger partial charge in [-0.15, -0.1) is 0 Å². The molecule has 4 aromatic carbocycles. The predicted molar refractivity (Wildman–Crippen MR) is 143 cm³/mol. The molecule has 0 unspecified atom stereocenters. The molecule has 2 aliphatic heterocycles. The largest absolute Gasteiger partial charge is 0.310 e. The molecule has 0 radical (unpaired) electrons. The van der Waals surface area contributed by atoms with Gasteiger partial charge in [-0.1, -0.05) is 48.5 Å². The molecule has 0 atom stereocenters. The van der Waals surface area contributed by atoms with Gasteiger partial charge in [-0.25, -0.2) is 43.9 Å². The monoisotopic (exact) mass is 648 g/mol. The molecule has 46 heavy (non-hydrogen) atoms. The molecule has 2 heterocycles. The average Bonchev–Trinajstić information content (AvgIpc) is 3.46. The van der Waals surface area contributed by atoms with Crippen molar-refractivity contribution in [3.8, 4) is 22.3 Å². The number of amides is 2. The number of benzene rings is 4. The van der Waals surface area contributed by atoms with Crippen molar-refractivity contribution in [3.63, 3.8) is 0 Å². The normalized spacial score (nSPS) is 14.8. The minimum absolute atomic E-state index is 0.0498. The van der Waals surface area contributed by atoms with Crippen LogP contribution in [0.4, 0.5) is 43.9 Å². The van der Waals surface area contributed by atoms with Gasteiger partial charge in [0.15, 0.2) is 46.5 Å². The standard InChI is InChI=1S/C32H14F10N2O2/c1-43-29(13-7-3-11(4-8-13)15-19(33)23(37)27(41)24(38)20(15)34)17-18(31(43)45)30(44(2)32(17)46)14-9-5-12(6-10-14)16-21(35)25(39)28(42)26(40)22(16)36/h3-10H,1-2H3. The van der Waals surface area contributed by atoms with Crippen molar-refractivity contribution in [1.82, 2.24) is 9.80 Å². The van der Waals surface area contributed by atoms with Crippen LogP contribution in [0.15, 0.2) is 59.7 Å². The third-order valence-electron chi connectivity index (χ3n) is 7.75. The third-order valence-corrected chi connectivity index (χ3v) is 7.75. The van der Waals surface area contributed by atoms with Gasteiger partial charge in [0.2, 0.25) is 11.6 Å². The minimum atomic E-state index is -2.32. The first-order chi connectivity index (χ1) is 21.7. The maximum atomic E-state index is 14.4. The molecule has 0 saturated heterocycles. The summed E-state index contributed by atoms with van der Waals surface area (Å²) in [5.74, 6) is -22.7. The SMILES string of the molecule is CN1C(=O)C2=C(c3ccc(-c4c(F)c(F)c(F)c(F)c4F)cc3)N(C)C(=O)C2=C1c1ccc(-c2c(F)c(F)c(F)c(F)c2F)cc1. The van der Waals surface area contributed by atoms with E-state index in [9.17, 15) is 53.5 Å². The Kier molecular flexibility index (Phi) is 7.06.